The fraction of sp³-hybridized carbons (Fsp3) is 0.588. The van der Waals surface area contributed by atoms with Gasteiger partial charge in [-0.2, -0.15) is 0 Å². The Labute approximate surface area is 127 Å². The molecule has 2 unspecified atom stereocenters. The van der Waals surface area contributed by atoms with Crippen LogP contribution in [-0.4, -0.2) is 23.7 Å². The highest BCUT2D eigenvalue weighted by atomic mass is 16.5. The van der Waals surface area contributed by atoms with Crippen LogP contribution in [-0.2, 0) is 4.79 Å². The highest BCUT2D eigenvalue weighted by molar-refractivity contribution is 5.80. The lowest BCUT2D eigenvalue weighted by atomic mass is 10.1. The lowest BCUT2D eigenvalue weighted by Crippen LogP contribution is -2.36. The van der Waals surface area contributed by atoms with Crippen molar-refractivity contribution in [2.45, 2.75) is 58.7 Å². The maximum atomic E-state index is 11.9. The number of benzene rings is 1. The van der Waals surface area contributed by atoms with Crippen LogP contribution in [0.2, 0.25) is 0 Å². The number of carbonyl (C=O) groups excluding carboxylic acids is 1. The lowest BCUT2D eigenvalue weighted by Gasteiger charge is -2.15. The van der Waals surface area contributed by atoms with Gasteiger partial charge in [-0.05, 0) is 37.5 Å². The van der Waals surface area contributed by atoms with E-state index >= 15 is 0 Å². The summed E-state index contributed by atoms with van der Waals surface area (Å²) < 4.78 is 5.61. The number of aliphatic hydroxyl groups excluding tert-OH is 1. The molecule has 4 heteroatoms. The van der Waals surface area contributed by atoms with Crippen molar-refractivity contribution in [3.05, 3.63) is 29.8 Å². The second-order valence-corrected chi connectivity index (χ2v) is 5.25. The second-order valence-electron chi connectivity index (χ2n) is 5.25. The molecule has 0 aliphatic carbocycles. The van der Waals surface area contributed by atoms with Crippen molar-refractivity contribution >= 4 is 5.91 Å². The fourth-order valence-corrected chi connectivity index (χ4v) is 1.99. The summed E-state index contributed by atoms with van der Waals surface area (Å²) in [6, 6.07) is 7.23. The van der Waals surface area contributed by atoms with E-state index in [1.54, 1.807) is 19.1 Å². The largest absolute Gasteiger partial charge is 0.481 e. The van der Waals surface area contributed by atoms with Crippen molar-refractivity contribution < 1.29 is 14.6 Å². The Hall–Kier alpha value is -1.55. The van der Waals surface area contributed by atoms with Gasteiger partial charge in [0.15, 0.2) is 6.10 Å². The summed E-state index contributed by atoms with van der Waals surface area (Å²) in [4.78, 5) is 11.9. The molecule has 1 rings (SSSR count). The van der Waals surface area contributed by atoms with Gasteiger partial charge in [0.1, 0.15) is 5.75 Å². The number of hydrogen-bond donors (Lipinski definition) is 2. The molecule has 0 spiro atoms. The van der Waals surface area contributed by atoms with Gasteiger partial charge < -0.3 is 15.2 Å². The number of ether oxygens (including phenoxy) is 1. The summed E-state index contributed by atoms with van der Waals surface area (Å²) in [6.45, 7) is 6.50. The predicted molar refractivity (Wildman–Crippen MR) is 84.3 cm³/mol. The molecule has 21 heavy (non-hydrogen) atoms. The predicted octanol–water partition coefficient (Wildman–Crippen LogP) is 3.20. The molecule has 1 aromatic rings. The summed E-state index contributed by atoms with van der Waals surface area (Å²) in [5.74, 6) is 0.544. The van der Waals surface area contributed by atoms with E-state index in [9.17, 15) is 9.90 Å². The van der Waals surface area contributed by atoms with Crippen LogP contribution in [0.4, 0.5) is 0 Å². The summed E-state index contributed by atoms with van der Waals surface area (Å²) in [5.41, 5.74) is 0.863. The number of amides is 1. The number of nitrogens with one attached hydrogen (secondary N) is 1. The Morgan fingerprint density at radius 3 is 2.48 bits per heavy atom. The average Bonchev–Trinajstić information content (AvgIpc) is 2.51. The molecule has 0 radical (unpaired) electrons. The molecule has 0 fully saturated rings. The van der Waals surface area contributed by atoms with E-state index < -0.39 is 12.2 Å². The minimum atomic E-state index is -0.520. The van der Waals surface area contributed by atoms with Crippen LogP contribution in [0.25, 0.3) is 0 Å². The Morgan fingerprint density at radius 2 is 1.90 bits per heavy atom. The number of unbranched alkanes of at least 4 members (excludes halogenated alkanes) is 2. The van der Waals surface area contributed by atoms with Crippen LogP contribution in [0.3, 0.4) is 0 Å². The molecule has 1 aromatic carbocycles. The van der Waals surface area contributed by atoms with Gasteiger partial charge in [0.05, 0.1) is 6.10 Å². The molecular weight excluding hydrogens is 266 g/mol. The third kappa shape index (κ3) is 6.17. The van der Waals surface area contributed by atoms with Gasteiger partial charge in [0, 0.05) is 6.54 Å². The van der Waals surface area contributed by atoms with Gasteiger partial charge in [0.25, 0.3) is 5.91 Å². The fourth-order valence-electron chi connectivity index (χ4n) is 1.99. The Balaban J connectivity index is 2.43. The summed E-state index contributed by atoms with van der Waals surface area (Å²) in [7, 11) is 0. The molecule has 2 N–H and O–H groups in total. The van der Waals surface area contributed by atoms with E-state index in [2.05, 4.69) is 12.2 Å². The van der Waals surface area contributed by atoms with Crippen LogP contribution in [0.5, 0.6) is 5.75 Å². The number of hydrogen-bond acceptors (Lipinski definition) is 3. The Morgan fingerprint density at radius 1 is 1.24 bits per heavy atom. The summed E-state index contributed by atoms with van der Waals surface area (Å²) in [6.07, 6.45) is 2.97. The van der Waals surface area contributed by atoms with Gasteiger partial charge in [0.2, 0.25) is 0 Å². The third-order valence-corrected chi connectivity index (χ3v) is 3.41. The zero-order chi connectivity index (χ0) is 15.7. The first kappa shape index (κ1) is 17.5. The molecule has 0 aromatic heterocycles. The smallest absolute Gasteiger partial charge is 0.260 e. The van der Waals surface area contributed by atoms with Crippen LogP contribution < -0.4 is 10.1 Å². The third-order valence-electron chi connectivity index (χ3n) is 3.41. The zero-order valence-electron chi connectivity index (χ0n) is 13.3. The summed E-state index contributed by atoms with van der Waals surface area (Å²) >= 11 is 0. The van der Waals surface area contributed by atoms with Gasteiger partial charge in [-0.25, -0.2) is 0 Å². The first-order valence-corrected chi connectivity index (χ1v) is 7.80. The van der Waals surface area contributed by atoms with Crippen molar-refractivity contribution in [3.8, 4) is 5.75 Å². The first-order chi connectivity index (χ1) is 10.1. The zero-order valence-corrected chi connectivity index (χ0v) is 13.3. The molecule has 4 nitrogen and oxygen atoms in total. The molecule has 0 heterocycles. The molecular formula is C17H27NO3. The van der Waals surface area contributed by atoms with E-state index in [1.165, 1.54) is 0 Å². The normalized spacial score (nSPS) is 13.5. The van der Waals surface area contributed by atoms with Gasteiger partial charge in [-0.15, -0.1) is 0 Å². The topological polar surface area (TPSA) is 58.6 Å². The van der Waals surface area contributed by atoms with E-state index in [0.717, 1.165) is 24.8 Å². The molecule has 0 bridgehead atoms. The van der Waals surface area contributed by atoms with Crippen LogP contribution in [0.1, 0.15) is 58.1 Å². The Bertz CT molecular complexity index is 417. The van der Waals surface area contributed by atoms with Gasteiger partial charge >= 0.3 is 0 Å². The highest BCUT2D eigenvalue weighted by Gasteiger charge is 2.14. The van der Waals surface area contributed by atoms with E-state index in [4.69, 9.17) is 4.74 Å². The monoisotopic (exact) mass is 293 g/mol. The van der Waals surface area contributed by atoms with Crippen molar-refractivity contribution in [2.75, 3.05) is 6.54 Å². The summed E-state index contributed by atoms with van der Waals surface area (Å²) in [5, 5.41) is 12.6. The Kier molecular flexibility index (Phi) is 7.83. The minimum Gasteiger partial charge on any atom is -0.481 e. The lowest BCUT2D eigenvalue weighted by molar-refractivity contribution is -0.127. The number of rotatable bonds is 9. The average molecular weight is 293 g/mol. The van der Waals surface area contributed by atoms with Crippen LogP contribution in [0, 0.1) is 0 Å². The maximum absolute atomic E-state index is 11.9. The van der Waals surface area contributed by atoms with Crippen molar-refractivity contribution in [1.29, 1.82) is 0 Å². The van der Waals surface area contributed by atoms with E-state index in [1.807, 2.05) is 19.1 Å². The molecule has 0 aliphatic heterocycles. The molecule has 2 atom stereocenters. The van der Waals surface area contributed by atoms with Gasteiger partial charge in [-0.1, -0.05) is 38.8 Å². The number of aliphatic hydroxyl groups is 1. The standard InChI is InChI=1S/C17H27NO3/c1-4-6-7-12-18-17(20)13(3)21-15-10-8-14(9-11-15)16(19)5-2/h8-11,13,16,19H,4-7,12H2,1-3H3,(H,18,20). The molecule has 0 aliphatic rings. The van der Waals surface area contributed by atoms with Crippen molar-refractivity contribution in [1.82, 2.24) is 5.32 Å². The van der Waals surface area contributed by atoms with Crippen LogP contribution in [0.15, 0.2) is 24.3 Å². The SMILES string of the molecule is CCCCCNC(=O)C(C)Oc1ccc(C(O)CC)cc1. The quantitative estimate of drug-likeness (QED) is 0.687. The first-order valence-electron chi connectivity index (χ1n) is 7.80. The number of carbonyl (C=O) groups is 1. The minimum absolute atomic E-state index is 0.0937. The molecule has 0 saturated heterocycles. The molecule has 1 amide bonds. The van der Waals surface area contributed by atoms with Crippen molar-refractivity contribution in [3.63, 3.8) is 0 Å². The molecule has 118 valence electrons. The second kappa shape index (κ2) is 9.40. The van der Waals surface area contributed by atoms with E-state index in [-0.39, 0.29) is 5.91 Å². The maximum Gasteiger partial charge on any atom is 0.260 e. The highest BCUT2D eigenvalue weighted by Crippen LogP contribution is 2.20. The van der Waals surface area contributed by atoms with Gasteiger partial charge in [-0.3, -0.25) is 4.79 Å². The molecule has 0 saturated carbocycles. The van der Waals surface area contributed by atoms with E-state index in [0.29, 0.717) is 18.7 Å². The van der Waals surface area contributed by atoms with Crippen LogP contribution >= 0.6 is 0 Å². The van der Waals surface area contributed by atoms with Crippen molar-refractivity contribution in [2.24, 2.45) is 0 Å².